The number of hydrogen-bond acceptors (Lipinski definition) is 7. The summed E-state index contributed by atoms with van der Waals surface area (Å²) in [5, 5.41) is 13.8. The molecular formula is C24H27ClN6O2S. The van der Waals surface area contributed by atoms with Crippen LogP contribution in [0.3, 0.4) is 0 Å². The average molecular weight is 499 g/mol. The number of amides is 2. The number of nitrogens with one attached hydrogen (secondary N) is 4. The maximum Gasteiger partial charge on any atom is 0.252 e. The molecule has 2 fully saturated rings. The van der Waals surface area contributed by atoms with Gasteiger partial charge in [-0.1, -0.05) is 17.7 Å². The van der Waals surface area contributed by atoms with Crippen LogP contribution in [-0.4, -0.2) is 53.5 Å². The number of benzene rings is 1. The minimum atomic E-state index is -0.0586. The number of carbonyl (C=O) groups excluding carboxylic acids is 2. The quantitative estimate of drug-likeness (QED) is 0.336. The topological polar surface area (TPSA) is 108 Å². The van der Waals surface area contributed by atoms with Gasteiger partial charge in [0.05, 0.1) is 22.1 Å². The van der Waals surface area contributed by atoms with E-state index in [9.17, 15) is 9.59 Å². The molecule has 0 radical (unpaired) electrons. The van der Waals surface area contributed by atoms with Crippen molar-refractivity contribution in [2.75, 3.05) is 25.0 Å². The Labute approximate surface area is 206 Å². The molecule has 4 N–H and O–H groups in total. The Balaban J connectivity index is 1.23. The second-order valence-corrected chi connectivity index (χ2v) is 10.2. The van der Waals surface area contributed by atoms with Crippen molar-refractivity contribution in [1.29, 1.82) is 0 Å². The normalized spacial score (nSPS) is 17.6. The smallest absolute Gasteiger partial charge is 0.252 e. The average Bonchev–Trinajstić information content (AvgIpc) is 3.31. The summed E-state index contributed by atoms with van der Waals surface area (Å²) in [4.78, 5) is 34.5. The molecule has 1 aliphatic carbocycles. The molecule has 8 nitrogen and oxygen atoms in total. The van der Waals surface area contributed by atoms with Crippen LogP contribution >= 0.6 is 22.9 Å². The zero-order valence-corrected chi connectivity index (χ0v) is 20.3. The van der Waals surface area contributed by atoms with Gasteiger partial charge in [-0.05, 0) is 56.8 Å². The molecule has 5 rings (SSSR count). The van der Waals surface area contributed by atoms with Gasteiger partial charge in [0.1, 0.15) is 5.69 Å². The number of halogens is 1. The van der Waals surface area contributed by atoms with Crippen molar-refractivity contribution in [1.82, 2.24) is 25.9 Å². The van der Waals surface area contributed by atoms with Crippen molar-refractivity contribution in [2.45, 2.75) is 44.2 Å². The van der Waals surface area contributed by atoms with Crippen LogP contribution in [0.2, 0.25) is 5.02 Å². The fourth-order valence-electron chi connectivity index (χ4n) is 4.02. The fourth-order valence-corrected chi connectivity index (χ4v) is 5.36. The van der Waals surface area contributed by atoms with Crippen LogP contribution in [0, 0.1) is 0 Å². The molecule has 1 saturated carbocycles. The first kappa shape index (κ1) is 23.0. The molecule has 0 spiro atoms. The summed E-state index contributed by atoms with van der Waals surface area (Å²) >= 11 is 7.99. The van der Waals surface area contributed by atoms with Gasteiger partial charge in [-0.3, -0.25) is 9.59 Å². The van der Waals surface area contributed by atoms with Crippen molar-refractivity contribution in [3.63, 3.8) is 0 Å². The van der Waals surface area contributed by atoms with E-state index in [1.165, 1.54) is 0 Å². The van der Waals surface area contributed by atoms with E-state index in [2.05, 4.69) is 31.2 Å². The Morgan fingerprint density at radius 3 is 2.88 bits per heavy atom. The number of anilines is 1. The van der Waals surface area contributed by atoms with E-state index in [0.29, 0.717) is 41.4 Å². The van der Waals surface area contributed by atoms with Gasteiger partial charge in [-0.15, -0.1) is 11.3 Å². The Bertz CT molecular complexity index is 1210. The molecule has 1 atom stereocenters. The molecule has 178 valence electrons. The zero-order chi connectivity index (χ0) is 23.5. The number of fused-ring (bicyclic) bond motifs is 1. The van der Waals surface area contributed by atoms with E-state index in [0.717, 1.165) is 53.6 Å². The Morgan fingerprint density at radius 2 is 2.09 bits per heavy atom. The van der Waals surface area contributed by atoms with Gasteiger partial charge >= 0.3 is 0 Å². The maximum absolute atomic E-state index is 12.7. The van der Waals surface area contributed by atoms with E-state index in [1.807, 2.05) is 24.3 Å². The molecule has 0 unspecified atom stereocenters. The molecule has 2 aromatic heterocycles. The molecular weight excluding hydrogens is 472 g/mol. The Hall–Kier alpha value is -2.75. The van der Waals surface area contributed by atoms with Crippen LogP contribution in [0.5, 0.6) is 0 Å². The SMILES string of the molecule is O=C(NC1CC1)c1cccc2sc(-c3nc(NCCCNC(=O)[C@@H]4CCCN4)ncc3Cl)cc12. The van der Waals surface area contributed by atoms with Gasteiger partial charge < -0.3 is 21.3 Å². The van der Waals surface area contributed by atoms with Crippen molar-refractivity contribution in [2.24, 2.45) is 0 Å². The van der Waals surface area contributed by atoms with Crippen LogP contribution in [0.15, 0.2) is 30.5 Å². The highest BCUT2D eigenvalue weighted by Crippen LogP contribution is 2.37. The largest absolute Gasteiger partial charge is 0.355 e. The summed E-state index contributed by atoms with van der Waals surface area (Å²) < 4.78 is 1.01. The minimum Gasteiger partial charge on any atom is -0.355 e. The summed E-state index contributed by atoms with van der Waals surface area (Å²) in [6, 6.07) is 7.98. The number of carbonyl (C=O) groups is 2. The van der Waals surface area contributed by atoms with Crippen molar-refractivity contribution < 1.29 is 9.59 Å². The second kappa shape index (κ2) is 10.2. The summed E-state index contributed by atoms with van der Waals surface area (Å²) in [7, 11) is 0. The minimum absolute atomic E-state index is 0.0376. The van der Waals surface area contributed by atoms with Gasteiger partial charge in [0.25, 0.3) is 5.91 Å². The summed E-state index contributed by atoms with van der Waals surface area (Å²) in [6.45, 7) is 2.12. The molecule has 2 amide bonds. The zero-order valence-electron chi connectivity index (χ0n) is 18.7. The van der Waals surface area contributed by atoms with Crippen LogP contribution in [0.25, 0.3) is 20.7 Å². The van der Waals surface area contributed by atoms with Crippen LogP contribution < -0.4 is 21.3 Å². The lowest BCUT2D eigenvalue weighted by molar-refractivity contribution is -0.122. The van der Waals surface area contributed by atoms with Gasteiger partial charge in [0.2, 0.25) is 11.9 Å². The third-order valence-corrected chi connectivity index (χ3v) is 7.39. The predicted octanol–water partition coefficient (Wildman–Crippen LogP) is 3.57. The number of hydrogen-bond donors (Lipinski definition) is 4. The van der Waals surface area contributed by atoms with Gasteiger partial charge in [0, 0.05) is 34.8 Å². The highest BCUT2D eigenvalue weighted by atomic mass is 35.5. The third kappa shape index (κ3) is 5.32. The monoisotopic (exact) mass is 498 g/mol. The van der Waals surface area contributed by atoms with Crippen LogP contribution in [0.1, 0.15) is 42.5 Å². The van der Waals surface area contributed by atoms with E-state index in [-0.39, 0.29) is 17.9 Å². The van der Waals surface area contributed by atoms with E-state index >= 15 is 0 Å². The maximum atomic E-state index is 12.7. The summed E-state index contributed by atoms with van der Waals surface area (Å²) in [5.41, 5.74) is 1.31. The first-order valence-corrected chi connectivity index (χ1v) is 12.9. The molecule has 3 aromatic rings. The predicted molar refractivity (Wildman–Crippen MR) is 135 cm³/mol. The highest BCUT2D eigenvalue weighted by molar-refractivity contribution is 7.22. The Kier molecular flexibility index (Phi) is 6.94. The van der Waals surface area contributed by atoms with E-state index < -0.39 is 0 Å². The number of aromatic nitrogens is 2. The van der Waals surface area contributed by atoms with Crippen LogP contribution in [0.4, 0.5) is 5.95 Å². The van der Waals surface area contributed by atoms with Crippen molar-refractivity contribution >= 4 is 50.8 Å². The number of rotatable bonds is 9. The molecule has 10 heteroatoms. The molecule has 1 saturated heterocycles. The van der Waals surface area contributed by atoms with Crippen molar-refractivity contribution in [3.05, 3.63) is 41.0 Å². The van der Waals surface area contributed by atoms with Crippen LogP contribution in [-0.2, 0) is 4.79 Å². The molecule has 34 heavy (non-hydrogen) atoms. The standard InChI is InChI=1S/C24H27ClN6O2S/c25-17-13-29-24(28-11-3-10-27-23(33)18-5-2-9-26-18)31-21(17)20-12-16-15(4-1-6-19(16)34-20)22(32)30-14-7-8-14/h1,4,6,12-14,18,26H,2-3,5,7-11H2,(H,27,33)(H,30,32)(H,28,29,31)/t18-/m0/s1. The van der Waals surface area contributed by atoms with E-state index in [4.69, 9.17) is 11.6 Å². The molecule has 0 bridgehead atoms. The lowest BCUT2D eigenvalue weighted by Crippen LogP contribution is -2.41. The van der Waals surface area contributed by atoms with Gasteiger partial charge in [-0.2, -0.15) is 0 Å². The van der Waals surface area contributed by atoms with Crippen molar-refractivity contribution in [3.8, 4) is 10.6 Å². The highest BCUT2D eigenvalue weighted by Gasteiger charge is 2.25. The fraction of sp³-hybridized carbons (Fsp3) is 0.417. The van der Waals surface area contributed by atoms with Gasteiger partial charge in [0.15, 0.2) is 0 Å². The van der Waals surface area contributed by atoms with Gasteiger partial charge in [-0.25, -0.2) is 9.97 Å². The lowest BCUT2D eigenvalue weighted by Gasteiger charge is -2.11. The molecule has 1 aliphatic heterocycles. The summed E-state index contributed by atoms with van der Waals surface area (Å²) in [5.74, 6) is 0.509. The molecule has 3 heterocycles. The molecule has 2 aliphatic rings. The lowest BCUT2D eigenvalue weighted by atomic mass is 10.1. The van der Waals surface area contributed by atoms with E-state index in [1.54, 1.807) is 17.5 Å². The third-order valence-electron chi connectivity index (χ3n) is 6.01. The number of thiophene rings is 1. The first-order chi connectivity index (χ1) is 16.6. The number of nitrogens with zero attached hydrogens (tertiary/aromatic N) is 2. The second-order valence-electron chi connectivity index (χ2n) is 8.69. The molecule has 1 aromatic carbocycles. The first-order valence-electron chi connectivity index (χ1n) is 11.7. The Morgan fingerprint density at radius 1 is 1.21 bits per heavy atom. The summed E-state index contributed by atoms with van der Waals surface area (Å²) in [6.07, 6.45) is 6.38.